The van der Waals surface area contributed by atoms with Crippen LogP contribution in [0.3, 0.4) is 0 Å². The summed E-state index contributed by atoms with van der Waals surface area (Å²) in [5.74, 6) is -0.859. The molecule has 3 heterocycles. The number of nitrogens with zero attached hydrogens (tertiary/aromatic N) is 2. The largest absolute Gasteiger partial charge is 0.393 e. The van der Waals surface area contributed by atoms with Gasteiger partial charge in [-0.05, 0) is 54.7 Å². The third-order valence-corrected chi connectivity index (χ3v) is 9.01. The normalized spacial score (nSPS) is 21.7. The van der Waals surface area contributed by atoms with Gasteiger partial charge in [-0.15, -0.1) is 0 Å². The summed E-state index contributed by atoms with van der Waals surface area (Å²) in [5, 5.41) is 11.6. The number of piperidine rings is 1. The number of halogens is 3. The van der Waals surface area contributed by atoms with Gasteiger partial charge in [-0.1, -0.05) is 65.7 Å². The number of rotatable bonds is 6. The Morgan fingerprint density at radius 2 is 1.78 bits per heavy atom. The summed E-state index contributed by atoms with van der Waals surface area (Å²) < 4.78 is 14.5. The number of H-pyrrole nitrogens is 1. The molecule has 0 radical (unpaired) electrons. The molecule has 6 rings (SSSR count). The van der Waals surface area contributed by atoms with Crippen LogP contribution in [-0.4, -0.2) is 50.9 Å². The van der Waals surface area contributed by atoms with E-state index in [9.17, 15) is 19.1 Å². The molecule has 2 aliphatic rings. The number of aromatic nitrogens is 1. The van der Waals surface area contributed by atoms with Gasteiger partial charge < -0.3 is 19.9 Å². The van der Waals surface area contributed by atoms with Crippen LogP contribution in [0.1, 0.15) is 42.0 Å². The predicted molar refractivity (Wildman–Crippen MR) is 157 cm³/mol. The number of nitrogens with one attached hydrogen (secondary N) is 1. The maximum Gasteiger partial charge on any atom is 0.232 e. The number of carbonyl (C=O) groups is 2. The highest BCUT2D eigenvalue weighted by atomic mass is 35.5. The van der Waals surface area contributed by atoms with Crippen molar-refractivity contribution in [3.8, 4) is 0 Å². The smallest absolute Gasteiger partial charge is 0.232 e. The lowest BCUT2D eigenvalue weighted by atomic mass is 9.71. The molecule has 4 aromatic rings. The zero-order valence-corrected chi connectivity index (χ0v) is 23.8. The molecule has 0 saturated carbocycles. The highest BCUT2D eigenvalue weighted by Gasteiger charge is 2.58. The van der Waals surface area contributed by atoms with Gasteiger partial charge in [0.25, 0.3) is 0 Å². The van der Waals surface area contributed by atoms with E-state index in [-0.39, 0.29) is 29.8 Å². The molecule has 3 aromatic carbocycles. The van der Waals surface area contributed by atoms with E-state index in [1.54, 1.807) is 21.9 Å². The molecule has 2 atom stereocenters. The van der Waals surface area contributed by atoms with Crippen molar-refractivity contribution >= 4 is 45.9 Å². The Balaban J connectivity index is 1.52. The first kappa shape index (κ1) is 27.8. The molecule has 2 N–H and O–H groups in total. The Labute approximate surface area is 247 Å². The fraction of sp³-hybridized carbons (Fsp3) is 0.312. The number of fused-ring (bicyclic) bond motifs is 1. The average Bonchev–Trinajstić information content (AvgIpc) is 3.48. The molecule has 9 heteroatoms. The monoisotopic (exact) mass is 593 g/mol. The Hall–Kier alpha value is -3.39. The van der Waals surface area contributed by atoms with Crippen LogP contribution in [0.2, 0.25) is 10.0 Å². The van der Waals surface area contributed by atoms with E-state index >= 15 is 0 Å². The Morgan fingerprint density at radius 1 is 1.02 bits per heavy atom. The van der Waals surface area contributed by atoms with Crippen LogP contribution in [0.5, 0.6) is 0 Å². The fourth-order valence-corrected chi connectivity index (χ4v) is 6.80. The molecule has 1 aromatic heterocycles. The van der Waals surface area contributed by atoms with Crippen molar-refractivity contribution in [3.05, 3.63) is 105 Å². The quantitative estimate of drug-likeness (QED) is 0.275. The number of aliphatic hydroxyl groups excluding tert-OH is 1. The van der Waals surface area contributed by atoms with Gasteiger partial charge in [0.05, 0.1) is 22.6 Å². The lowest BCUT2D eigenvalue weighted by Crippen LogP contribution is -2.51. The summed E-state index contributed by atoms with van der Waals surface area (Å²) in [5.41, 5.74) is 1.99. The number of hydrogen-bond acceptors (Lipinski definition) is 3. The summed E-state index contributed by atoms with van der Waals surface area (Å²) in [6.07, 6.45) is 2.73. The lowest BCUT2D eigenvalue weighted by Gasteiger charge is -2.42. The summed E-state index contributed by atoms with van der Waals surface area (Å²) in [6, 6.07) is 19.1. The minimum Gasteiger partial charge on any atom is -0.393 e. The van der Waals surface area contributed by atoms with Gasteiger partial charge in [-0.25, -0.2) is 4.39 Å². The summed E-state index contributed by atoms with van der Waals surface area (Å²) in [6.45, 7) is 0.951. The molecular formula is C32H30Cl2FN3O3. The maximum atomic E-state index is 14.7. The number of carbonyl (C=O) groups excluding carboxylic acids is 2. The molecule has 0 aliphatic carbocycles. The first-order valence-corrected chi connectivity index (χ1v) is 14.5. The van der Waals surface area contributed by atoms with Gasteiger partial charge >= 0.3 is 0 Å². The van der Waals surface area contributed by atoms with Crippen LogP contribution in [0.15, 0.2) is 72.9 Å². The van der Waals surface area contributed by atoms with E-state index < -0.39 is 23.4 Å². The molecular weight excluding hydrogens is 564 g/mol. The van der Waals surface area contributed by atoms with E-state index in [1.165, 1.54) is 12.1 Å². The minimum absolute atomic E-state index is 0.000777. The number of aliphatic hydroxyl groups is 1. The first-order chi connectivity index (χ1) is 19.7. The van der Waals surface area contributed by atoms with Crippen molar-refractivity contribution in [2.75, 3.05) is 13.1 Å². The van der Waals surface area contributed by atoms with Crippen LogP contribution in [0.25, 0.3) is 10.9 Å². The van der Waals surface area contributed by atoms with Gasteiger partial charge in [0.1, 0.15) is 5.82 Å². The minimum atomic E-state index is -1.14. The molecule has 212 valence electrons. The molecule has 2 saturated heterocycles. The van der Waals surface area contributed by atoms with Crippen LogP contribution in [0, 0.1) is 11.2 Å². The van der Waals surface area contributed by atoms with E-state index in [1.807, 2.05) is 48.7 Å². The molecule has 0 spiro atoms. The van der Waals surface area contributed by atoms with Gasteiger partial charge in [0.15, 0.2) is 0 Å². The van der Waals surface area contributed by atoms with Gasteiger partial charge in [-0.3, -0.25) is 9.59 Å². The molecule has 2 aliphatic heterocycles. The fourth-order valence-electron chi connectivity index (χ4n) is 6.51. The van der Waals surface area contributed by atoms with Crippen molar-refractivity contribution in [1.82, 2.24) is 14.8 Å². The maximum absolute atomic E-state index is 14.7. The molecule has 6 nitrogen and oxygen atoms in total. The number of amides is 2. The lowest BCUT2D eigenvalue weighted by molar-refractivity contribution is -0.146. The topological polar surface area (TPSA) is 76.6 Å². The zero-order valence-electron chi connectivity index (χ0n) is 22.3. The van der Waals surface area contributed by atoms with E-state index in [2.05, 4.69) is 4.98 Å². The number of likely N-dealkylation sites (tertiary alicyclic amines) is 2. The zero-order chi connectivity index (χ0) is 28.7. The Kier molecular flexibility index (Phi) is 7.53. The summed E-state index contributed by atoms with van der Waals surface area (Å²) in [7, 11) is 0. The van der Waals surface area contributed by atoms with Crippen molar-refractivity contribution < 1.29 is 19.1 Å². The van der Waals surface area contributed by atoms with E-state index in [0.717, 1.165) is 22.0 Å². The number of benzene rings is 3. The van der Waals surface area contributed by atoms with Crippen LogP contribution < -0.4 is 0 Å². The Morgan fingerprint density at radius 3 is 2.51 bits per heavy atom. The van der Waals surface area contributed by atoms with Crippen LogP contribution in [-0.2, 0) is 22.6 Å². The first-order valence-electron chi connectivity index (χ1n) is 13.8. The second-order valence-corrected chi connectivity index (χ2v) is 12.0. The van der Waals surface area contributed by atoms with Gasteiger partial charge in [-0.2, -0.15) is 0 Å². The van der Waals surface area contributed by atoms with Crippen molar-refractivity contribution in [2.45, 2.75) is 44.4 Å². The van der Waals surface area contributed by atoms with E-state index in [4.69, 9.17) is 23.2 Å². The number of aromatic amines is 1. The Bertz CT molecular complexity index is 1600. The van der Waals surface area contributed by atoms with Crippen molar-refractivity contribution in [3.63, 3.8) is 0 Å². The molecule has 41 heavy (non-hydrogen) atoms. The van der Waals surface area contributed by atoms with E-state index in [0.29, 0.717) is 42.9 Å². The molecule has 2 amide bonds. The van der Waals surface area contributed by atoms with Crippen molar-refractivity contribution in [2.24, 2.45) is 5.41 Å². The highest BCUT2D eigenvalue weighted by Crippen LogP contribution is 2.53. The second kappa shape index (κ2) is 11.1. The SMILES string of the molecule is O=C1CC(Cc2ccccc2)(C(=O)N2CCC(O)CC2)C(c2c[nH]c3cc(Cl)ccc23)N1Cc1ccc(Cl)c(F)c1. The van der Waals surface area contributed by atoms with Crippen LogP contribution >= 0.6 is 23.2 Å². The van der Waals surface area contributed by atoms with Gasteiger partial charge in [0.2, 0.25) is 11.8 Å². The third-order valence-electron chi connectivity index (χ3n) is 8.47. The van der Waals surface area contributed by atoms with Gasteiger partial charge in [0, 0.05) is 53.7 Å². The predicted octanol–water partition coefficient (Wildman–Crippen LogP) is 6.30. The summed E-state index contributed by atoms with van der Waals surface area (Å²) in [4.78, 5) is 35.6. The molecule has 0 bridgehead atoms. The highest BCUT2D eigenvalue weighted by molar-refractivity contribution is 6.31. The number of hydrogen-bond donors (Lipinski definition) is 2. The standard InChI is InChI=1S/C32H30Cl2FN3O3/c33-22-7-8-24-25(18-36-28(24)15-22)30-32(16-20-4-2-1-3-5-20,31(41)37-12-10-23(39)11-13-37)17-29(40)38(30)19-21-6-9-26(34)27(35)14-21/h1-9,14-15,18,23,30,36,39H,10-13,16-17,19H2. The van der Waals surface area contributed by atoms with Crippen molar-refractivity contribution in [1.29, 1.82) is 0 Å². The van der Waals surface area contributed by atoms with Crippen LogP contribution in [0.4, 0.5) is 4.39 Å². The third kappa shape index (κ3) is 5.23. The second-order valence-electron chi connectivity index (χ2n) is 11.1. The summed E-state index contributed by atoms with van der Waals surface area (Å²) >= 11 is 12.2. The molecule has 2 fully saturated rings. The molecule has 2 unspecified atom stereocenters. The average molecular weight is 595 g/mol.